The summed E-state index contributed by atoms with van der Waals surface area (Å²) in [6.45, 7) is 5.60. The second kappa shape index (κ2) is 6.68. The zero-order chi connectivity index (χ0) is 11.9. The van der Waals surface area contributed by atoms with Crippen molar-refractivity contribution in [2.75, 3.05) is 12.3 Å². The van der Waals surface area contributed by atoms with E-state index in [9.17, 15) is 9.59 Å². The van der Waals surface area contributed by atoms with Crippen molar-refractivity contribution in [3.63, 3.8) is 0 Å². The zero-order valence-corrected chi connectivity index (χ0v) is 9.89. The van der Waals surface area contributed by atoms with Crippen LogP contribution in [0.3, 0.4) is 0 Å². The van der Waals surface area contributed by atoms with Gasteiger partial charge in [-0.2, -0.15) is 0 Å². The fraction of sp³-hybridized carbons (Fsp3) is 0.778. The van der Waals surface area contributed by atoms with E-state index in [2.05, 4.69) is 24.9 Å². The number of aliphatic carboxylic acids is 1. The molecule has 1 fully saturated rings. The topological polar surface area (TPSA) is 92.4 Å². The van der Waals surface area contributed by atoms with E-state index in [1.54, 1.807) is 0 Å². The number of thioether (sulfide) groups is 1. The molecule has 88 valence electrons. The van der Waals surface area contributed by atoms with Gasteiger partial charge in [-0.15, -0.1) is 11.8 Å². The second-order valence-electron chi connectivity index (χ2n) is 3.65. The molecule has 0 aromatic carbocycles. The predicted molar refractivity (Wildman–Crippen MR) is 60.6 cm³/mol. The van der Waals surface area contributed by atoms with Gasteiger partial charge in [0.2, 0.25) is 5.91 Å². The second-order valence-corrected chi connectivity index (χ2v) is 5.36. The van der Waals surface area contributed by atoms with E-state index in [1.165, 1.54) is 12.3 Å². The number of amides is 1. The Bertz CT molecular complexity index is 209. The van der Waals surface area contributed by atoms with Crippen LogP contribution in [0, 0.1) is 0 Å². The van der Waals surface area contributed by atoms with Crippen LogP contribution in [0.1, 0.15) is 26.7 Å². The Kier molecular flexibility index (Phi) is 6.35. The summed E-state index contributed by atoms with van der Waals surface area (Å²) in [6, 6.07) is 0. The van der Waals surface area contributed by atoms with Gasteiger partial charge in [0, 0.05) is 18.7 Å². The summed E-state index contributed by atoms with van der Waals surface area (Å²) in [5.74, 6) is -0.302. The Morgan fingerprint density at radius 2 is 2.07 bits per heavy atom. The number of carbonyl (C=O) groups excluding carboxylic acids is 1. The first-order chi connectivity index (χ1) is 6.83. The number of carbonyl (C=O) groups is 2. The van der Waals surface area contributed by atoms with E-state index < -0.39 is 11.9 Å². The zero-order valence-electron chi connectivity index (χ0n) is 9.08. The van der Waals surface area contributed by atoms with E-state index in [-0.39, 0.29) is 12.8 Å². The third kappa shape index (κ3) is 9.55. The van der Waals surface area contributed by atoms with Gasteiger partial charge < -0.3 is 16.2 Å². The van der Waals surface area contributed by atoms with Gasteiger partial charge in [0.1, 0.15) is 0 Å². The van der Waals surface area contributed by atoms with Gasteiger partial charge in [-0.3, -0.25) is 9.59 Å². The van der Waals surface area contributed by atoms with E-state index in [0.717, 1.165) is 0 Å². The van der Waals surface area contributed by atoms with Crippen LogP contribution in [0.2, 0.25) is 0 Å². The third-order valence-electron chi connectivity index (χ3n) is 1.70. The molecule has 6 heteroatoms. The maximum Gasteiger partial charge on any atom is 0.303 e. The Morgan fingerprint density at radius 3 is 2.20 bits per heavy atom. The van der Waals surface area contributed by atoms with Crippen molar-refractivity contribution in [3.05, 3.63) is 0 Å². The molecule has 1 saturated heterocycles. The van der Waals surface area contributed by atoms with E-state index in [4.69, 9.17) is 5.11 Å². The summed E-state index contributed by atoms with van der Waals surface area (Å²) in [6.07, 6.45) is -0.245. The molecule has 0 aromatic heterocycles. The lowest BCUT2D eigenvalue weighted by molar-refractivity contribution is -0.138. The number of primary amides is 1. The Hall–Kier alpha value is -0.750. The Morgan fingerprint density at radius 1 is 1.47 bits per heavy atom. The summed E-state index contributed by atoms with van der Waals surface area (Å²) in [5.41, 5.74) is 4.64. The molecule has 0 unspecified atom stereocenters. The highest BCUT2D eigenvalue weighted by Crippen LogP contribution is 2.24. The molecule has 0 aromatic rings. The molecule has 0 aliphatic carbocycles. The third-order valence-corrected chi connectivity index (χ3v) is 2.98. The molecule has 0 radical (unpaired) electrons. The largest absolute Gasteiger partial charge is 0.481 e. The smallest absolute Gasteiger partial charge is 0.303 e. The van der Waals surface area contributed by atoms with Crippen LogP contribution in [0.5, 0.6) is 0 Å². The quantitative estimate of drug-likeness (QED) is 0.657. The summed E-state index contributed by atoms with van der Waals surface area (Å²) in [4.78, 5) is 19.9. The summed E-state index contributed by atoms with van der Waals surface area (Å²) >= 11 is 1.99. The minimum atomic E-state index is -0.996. The maximum absolute atomic E-state index is 9.86. The molecule has 15 heavy (non-hydrogen) atoms. The van der Waals surface area contributed by atoms with Crippen LogP contribution < -0.4 is 11.1 Å². The normalized spacial score (nSPS) is 17.7. The number of nitrogens with one attached hydrogen (secondary N) is 1. The van der Waals surface area contributed by atoms with Crippen LogP contribution in [0.4, 0.5) is 0 Å². The van der Waals surface area contributed by atoms with Crippen molar-refractivity contribution in [1.29, 1.82) is 0 Å². The monoisotopic (exact) mass is 234 g/mol. The average Bonchev–Trinajstić information content (AvgIpc) is 2.48. The van der Waals surface area contributed by atoms with Gasteiger partial charge in [0.15, 0.2) is 0 Å². The molecule has 0 atom stereocenters. The summed E-state index contributed by atoms with van der Waals surface area (Å²) < 4.78 is 0. The summed E-state index contributed by atoms with van der Waals surface area (Å²) in [5, 5.41) is 11.3. The van der Waals surface area contributed by atoms with Gasteiger partial charge in [-0.05, 0) is 13.8 Å². The van der Waals surface area contributed by atoms with Gasteiger partial charge in [-0.1, -0.05) is 0 Å². The molecular weight excluding hydrogens is 216 g/mol. The van der Waals surface area contributed by atoms with Crippen molar-refractivity contribution in [3.8, 4) is 0 Å². The highest BCUT2D eigenvalue weighted by atomic mass is 32.2. The first kappa shape index (κ1) is 14.2. The minimum Gasteiger partial charge on any atom is -0.481 e. The van der Waals surface area contributed by atoms with Gasteiger partial charge in [0.05, 0.1) is 11.3 Å². The molecule has 0 bridgehead atoms. The molecule has 1 aliphatic rings. The van der Waals surface area contributed by atoms with Crippen LogP contribution in [-0.2, 0) is 9.59 Å². The van der Waals surface area contributed by atoms with Crippen molar-refractivity contribution in [1.82, 2.24) is 5.32 Å². The maximum atomic E-state index is 9.86. The van der Waals surface area contributed by atoms with Crippen LogP contribution >= 0.6 is 11.8 Å². The lowest BCUT2D eigenvalue weighted by Crippen LogP contribution is -2.29. The first-order valence-electron chi connectivity index (χ1n) is 4.72. The van der Waals surface area contributed by atoms with Crippen molar-refractivity contribution in [2.24, 2.45) is 5.73 Å². The SMILES string of the molecule is CC1(C)NCCS1.NC(=O)CCC(=O)O. The number of hydrogen-bond donors (Lipinski definition) is 3. The van der Waals surface area contributed by atoms with Gasteiger partial charge >= 0.3 is 5.97 Å². The van der Waals surface area contributed by atoms with Crippen molar-refractivity contribution < 1.29 is 14.7 Å². The standard InChI is InChI=1S/C5H11NS.C4H7NO3/c1-5(2)6-3-4-7-5;5-3(6)1-2-4(7)8/h6H,3-4H2,1-2H3;1-2H2,(H2,5,6)(H,7,8). The first-order valence-corrected chi connectivity index (χ1v) is 5.71. The minimum absolute atomic E-state index is 0.0741. The number of hydrogen-bond acceptors (Lipinski definition) is 4. The van der Waals surface area contributed by atoms with Gasteiger partial charge in [0.25, 0.3) is 0 Å². The Labute approximate surface area is 93.8 Å². The van der Waals surface area contributed by atoms with Gasteiger partial charge in [-0.25, -0.2) is 0 Å². The van der Waals surface area contributed by atoms with E-state index in [1.807, 2.05) is 11.8 Å². The van der Waals surface area contributed by atoms with E-state index in [0.29, 0.717) is 4.87 Å². The molecular formula is C9H18N2O3S. The van der Waals surface area contributed by atoms with Crippen LogP contribution in [0.25, 0.3) is 0 Å². The molecule has 1 rings (SSSR count). The highest BCUT2D eigenvalue weighted by Gasteiger charge is 2.21. The molecule has 5 nitrogen and oxygen atoms in total. The lowest BCUT2D eigenvalue weighted by Gasteiger charge is -2.14. The molecule has 0 saturated carbocycles. The lowest BCUT2D eigenvalue weighted by atomic mass is 10.3. The summed E-state index contributed by atoms with van der Waals surface area (Å²) in [7, 11) is 0. The molecule has 4 N–H and O–H groups in total. The van der Waals surface area contributed by atoms with Crippen molar-refractivity contribution in [2.45, 2.75) is 31.6 Å². The van der Waals surface area contributed by atoms with Crippen molar-refractivity contribution >= 4 is 23.6 Å². The average molecular weight is 234 g/mol. The van der Waals surface area contributed by atoms with Crippen LogP contribution in [0.15, 0.2) is 0 Å². The molecule has 1 amide bonds. The Balaban J connectivity index is 0.000000262. The fourth-order valence-electron chi connectivity index (χ4n) is 0.939. The number of rotatable bonds is 3. The fourth-order valence-corrected chi connectivity index (χ4v) is 1.86. The molecule has 1 heterocycles. The molecule has 0 spiro atoms. The number of carboxylic acids is 1. The predicted octanol–water partition coefficient (Wildman–Crippen LogP) is 0.395. The number of nitrogens with two attached hydrogens (primary N) is 1. The highest BCUT2D eigenvalue weighted by molar-refractivity contribution is 8.00. The molecule has 1 aliphatic heterocycles. The number of carboxylic acid groups (broad SMARTS) is 1. The van der Waals surface area contributed by atoms with E-state index >= 15 is 0 Å². The van der Waals surface area contributed by atoms with Crippen LogP contribution in [-0.4, -0.2) is 34.2 Å².